The molecule has 1 unspecified atom stereocenters. The van der Waals surface area contributed by atoms with Crippen LogP contribution in [-0.2, 0) is 0 Å². The predicted molar refractivity (Wildman–Crippen MR) is 75.1 cm³/mol. The van der Waals surface area contributed by atoms with Crippen molar-refractivity contribution in [1.82, 2.24) is 0 Å². The van der Waals surface area contributed by atoms with Crippen molar-refractivity contribution in [3.05, 3.63) is 33.7 Å². The first-order chi connectivity index (χ1) is 8.18. The van der Waals surface area contributed by atoms with Crippen LogP contribution < -0.4 is 0 Å². The van der Waals surface area contributed by atoms with Crippen molar-refractivity contribution in [1.29, 1.82) is 0 Å². The van der Waals surface area contributed by atoms with Crippen molar-refractivity contribution in [3.8, 4) is 0 Å². The Bertz CT molecular complexity index is 525. The van der Waals surface area contributed by atoms with E-state index in [9.17, 15) is 13.2 Å². The molecule has 0 aliphatic carbocycles. The molecule has 1 aliphatic rings. The maximum absolute atomic E-state index is 13.5. The van der Waals surface area contributed by atoms with Gasteiger partial charge in [-0.1, -0.05) is 31.5 Å². The van der Waals surface area contributed by atoms with Gasteiger partial charge in [-0.15, -0.1) is 0 Å². The normalized spacial score (nSPS) is 26.8. The molecular weight excluding hydrogens is 349 g/mol. The second kappa shape index (κ2) is 4.46. The first kappa shape index (κ1) is 14.3. The van der Waals surface area contributed by atoms with Gasteiger partial charge in [-0.25, -0.2) is 0 Å². The van der Waals surface area contributed by atoms with Gasteiger partial charge in [-0.2, -0.15) is 13.2 Å². The van der Waals surface area contributed by atoms with E-state index in [-0.39, 0.29) is 10.8 Å². The van der Waals surface area contributed by atoms with Gasteiger partial charge in [0.1, 0.15) is 0 Å². The summed E-state index contributed by atoms with van der Waals surface area (Å²) in [6.07, 6.45) is 1.63. The molecule has 0 saturated carbocycles. The van der Waals surface area contributed by atoms with Crippen molar-refractivity contribution in [2.75, 3.05) is 0 Å². The summed E-state index contributed by atoms with van der Waals surface area (Å²) >= 11 is 8.83. The Labute approximate surface area is 118 Å². The summed E-state index contributed by atoms with van der Waals surface area (Å²) in [4.78, 5) is 0.651. The van der Waals surface area contributed by atoms with E-state index in [1.54, 1.807) is 32.1 Å². The summed E-state index contributed by atoms with van der Waals surface area (Å²) in [7, 11) is -3.15. The summed E-state index contributed by atoms with van der Waals surface area (Å²) in [6, 6.07) is 4.67. The molecule has 2 rings (SSSR count). The van der Waals surface area contributed by atoms with E-state index in [2.05, 4.69) is 14.8 Å². The summed E-state index contributed by atoms with van der Waals surface area (Å²) < 4.78 is 40.4. The monoisotopic (exact) mass is 358 g/mol. The number of rotatable bonds is 1. The smallest absolute Gasteiger partial charge is 0.160 e. The molecule has 0 N–H and O–H groups in total. The number of halogens is 5. The molecule has 0 aromatic heterocycles. The Balaban J connectivity index is 2.70. The summed E-state index contributed by atoms with van der Waals surface area (Å²) in [6.45, 7) is 3.54. The van der Waals surface area contributed by atoms with E-state index < -0.39 is 14.0 Å². The molecule has 0 spiro atoms. The Morgan fingerprint density at radius 2 is 1.89 bits per heavy atom. The van der Waals surface area contributed by atoms with Crippen LogP contribution in [0.5, 0.6) is 0 Å². The van der Waals surface area contributed by atoms with Gasteiger partial charge < -0.3 is 0 Å². The Morgan fingerprint density at radius 1 is 1.28 bits per heavy atom. The third-order valence-corrected chi connectivity index (χ3v) is 9.13. The van der Waals surface area contributed by atoms with Gasteiger partial charge in [-0.05, 0) is 57.9 Å². The molecular formula is C12H11BrClF3S. The Hall–Kier alpha value is -0.130. The molecule has 0 fully saturated rings. The number of hydrogen-bond acceptors (Lipinski definition) is 0. The number of fused-ring (bicyclic) bond motifs is 1. The van der Waals surface area contributed by atoms with E-state index in [0.29, 0.717) is 15.5 Å². The molecule has 18 heavy (non-hydrogen) atoms. The number of benzene rings is 1. The lowest BCUT2D eigenvalue weighted by atomic mass is 10.1. The van der Waals surface area contributed by atoms with E-state index in [1.807, 2.05) is 0 Å². The van der Waals surface area contributed by atoms with E-state index >= 15 is 0 Å². The van der Waals surface area contributed by atoms with Crippen LogP contribution in [0.2, 0.25) is 5.02 Å². The molecule has 1 aliphatic heterocycles. The molecule has 0 bridgehead atoms. The minimum absolute atomic E-state index is 0.174. The number of allylic oxidation sites excluding steroid dienone is 1. The second-order valence-electron chi connectivity index (χ2n) is 4.37. The van der Waals surface area contributed by atoms with Gasteiger partial charge in [-0.3, -0.25) is 0 Å². The van der Waals surface area contributed by atoms with Gasteiger partial charge in [0.25, 0.3) is 0 Å². The van der Waals surface area contributed by atoms with Crippen LogP contribution in [0.1, 0.15) is 19.4 Å². The highest BCUT2D eigenvalue weighted by molar-refractivity contribution is 9.59. The van der Waals surface area contributed by atoms with Crippen molar-refractivity contribution in [2.45, 2.75) is 24.3 Å². The molecule has 1 atom stereocenters. The standard InChI is InChI=1S/C12H11BrClF3S/c1-7(2)10-5-8-3-4-9(14)6-11(8)18(10,13)12(15,16)17/h3-7H,1-2H3. The maximum atomic E-state index is 13.5. The maximum Gasteiger partial charge on any atom is 0.442 e. The zero-order valence-electron chi connectivity index (χ0n) is 9.68. The van der Waals surface area contributed by atoms with Crippen LogP contribution in [0.3, 0.4) is 0 Å². The van der Waals surface area contributed by atoms with Crippen LogP contribution in [0.4, 0.5) is 13.2 Å². The molecule has 0 saturated heterocycles. The molecule has 6 heteroatoms. The van der Waals surface area contributed by atoms with Crippen molar-refractivity contribution < 1.29 is 13.2 Å². The lowest BCUT2D eigenvalue weighted by Crippen LogP contribution is -2.17. The zero-order chi connectivity index (χ0) is 13.7. The van der Waals surface area contributed by atoms with Gasteiger partial charge in [0.05, 0.1) is 0 Å². The first-order valence-corrected chi connectivity index (χ1v) is 9.14. The molecule has 1 aromatic rings. The fourth-order valence-electron chi connectivity index (χ4n) is 1.98. The molecule has 0 nitrogen and oxygen atoms in total. The lowest BCUT2D eigenvalue weighted by Gasteiger charge is -2.36. The minimum Gasteiger partial charge on any atom is -0.160 e. The van der Waals surface area contributed by atoms with Crippen molar-refractivity contribution >= 4 is 41.0 Å². The van der Waals surface area contributed by atoms with Crippen LogP contribution in [0, 0.1) is 5.92 Å². The van der Waals surface area contributed by atoms with Crippen molar-refractivity contribution in [2.24, 2.45) is 5.92 Å². The fourth-order valence-corrected chi connectivity index (χ4v) is 6.91. The molecule has 0 radical (unpaired) electrons. The highest BCUT2D eigenvalue weighted by atomic mass is 79.9. The van der Waals surface area contributed by atoms with Gasteiger partial charge in [0.2, 0.25) is 0 Å². The van der Waals surface area contributed by atoms with Crippen LogP contribution in [-0.4, -0.2) is 5.51 Å². The van der Waals surface area contributed by atoms with E-state index in [0.717, 1.165) is 0 Å². The first-order valence-electron chi connectivity index (χ1n) is 5.28. The van der Waals surface area contributed by atoms with Gasteiger partial charge in [0.15, 0.2) is 0 Å². The second-order valence-corrected chi connectivity index (χ2v) is 10.2. The van der Waals surface area contributed by atoms with Gasteiger partial charge >= 0.3 is 5.51 Å². The topological polar surface area (TPSA) is 0 Å². The highest BCUT2D eigenvalue weighted by Crippen LogP contribution is 2.82. The zero-order valence-corrected chi connectivity index (χ0v) is 12.8. The van der Waals surface area contributed by atoms with E-state index in [1.165, 1.54) is 6.07 Å². The number of alkyl halides is 3. The summed E-state index contributed by atoms with van der Waals surface area (Å²) in [5.41, 5.74) is -3.72. The third kappa shape index (κ3) is 2.00. The highest BCUT2D eigenvalue weighted by Gasteiger charge is 2.55. The molecule has 100 valence electrons. The largest absolute Gasteiger partial charge is 0.442 e. The van der Waals surface area contributed by atoms with Crippen LogP contribution >= 0.6 is 34.9 Å². The van der Waals surface area contributed by atoms with Gasteiger partial charge in [0, 0.05) is 9.92 Å². The fraction of sp³-hybridized carbons (Fsp3) is 0.333. The SMILES string of the molecule is CC(C)C1=Cc2ccc(Cl)cc2S1(Br)C(F)(F)F. The Morgan fingerprint density at radius 3 is 2.39 bits per heavy atom. The number of hydrogen-bond donors (Lipinski definition) is 0. The minimum atomic E-state index is -4.32. The average molecular weight is 360 g/mol. The quantitative estimate of drug-likeness (QED) is 0.548. The Kier molecular flexibility index (Phi) is 3.54. The van der Waals surface area contributed by atoms with Crippen molar-refractivity contribution in [3.63, 3.8) is 0 Å². The molecule has 1 aromatic carbocycles. The van der Waals surface area contributed by atoms with E-state index in [4.69, 9.17) is 11.6 Å². The third-order valence-electron chi connectivity index (χ3n) is 2.79. The lowest BCUT2D eigenvalue weighted by molar-refractivity contribution is -0.0356. The van der Waals surface area contributed by atoms with Crippen LogP contribution in [0.25, 0.3) is 6.08 Å². The summed E-state index contributed by atoms with van der Waals surface area (Å²) in [5, 5.41) is 0.327. The molecule has 0 amide bonds. The molecule has 1 heterocycles. The summed E-state index contributed by atoms with van der Waals surface area (Å²) in [5.74, 6) is -0.174. The average Bonchev–Trinajstić information content (AvgIpc) is 2.53. The predicted octanol–water partition coefficient (Wildman–Crippen LogP) is 6.34. The van der Waals surface area contributed by atoms with Crippen LogP contribution in [0.15, 0.2) is 28.0 Å².